The molecule has 0 radical (unpaired) electrons. The molecule has 4 nitrogen and oxygen atoms in total. The molecule has 0 amide bonds. The SMILES string of the molecule is CN(C)C(=Nc1ncnc2c1CCCCC2)c1ccc(Cl)cc1. The Kier molecular flexibility index (Phi) is 4.91. The van der Waals surface area contributed by atoms with Gasteiger partial charge < -0.3 is 4.90 Å². The third-order valence-electron chi connectivity index (χ3n) is 4.09. The topological polar surface area (TPSA) is 41.4 Å². The number of nitrogens with zero attached hydrogens (tertiary/aromatic N) is 4. The predicted molar refractivity (Wildman–Crippen MR) is 94.6 cm³/mol. The van der Waals surface area contributed by atoms with Crippen molar-refractivity contribution in [3.8, 4) is 0 Å². The molecule has 0 N–H and O–H groups in total. The average molecular weight is 329 g/mol. The zero-order chi connectivity index (χ0) is 16.2. The van der Waals surface area contributed by atoms with E-state index < -0.39 is 0 Å². The summed E-state index contributed by atoms with van der Waals surface area (Å²) >= 11 is 6.00. The molecule has 1 heterocycles. The fourth-order valence-electron chi connectivity index (χ4n) is 2.90. The summed E-state index contributed by atoms with van der Waals surface area (Å²) < 4.78 is 0. The first kappa shape index (κ1) is 15.9. The molecule has 23 heavy (non-hydrogen) atoms. The summed E-state index contributed by atoms with van der Waals surface area (Å²) in [6.07, 6.45) is 7.30. The third kappa shape index (κ3) is 3.70. The van der Waals surface area contributed by atoms with E-state index in [2.05, 4.69) is 9.97 Å². The largest absolute Gasteiger partial charge is 0.362 e. The number of hydrogen-bond donors (Lipinski definition) is 0. The molecule has 1 aliphatic carbocycles. The zero-order valence-electron chi connectivity index (χ0n) is 13.6. The van der Waals surface area contributed by atoms with Crippen molar-refractivity contribution >= 4 is 23.3 Å². The van der Waals surface area contributed by atoms with Crippen molar-refractivity contribution in [3.63, 3.8) is 0 Å². The van der Waals surface area contributed by atoms with E-state index in [0.29, 0.717) is 0 Å². The van der Waals surface area contributed by atoms with Crippen LogP contribution in [0.4, 0.5) is 5.82 Å². The van der Waals surface area contributed by atoms with E-state index in [-0.39, 0.29) is 0 Å². The van der Waals surface area contributed by atoms with E-state index in [1.165, 1.54) is 24.8 Å². The first-order valence-corrected chi connectivity index (χ1v) is 8.37. The Balaban J connectivity index is 2.05. The molecule has 1 aromatic carbocycles. The Morgan fingerprint density at radius 3 is 2.52 bits per heavy atom. The summed E-state index contributed by atoms with van der Waals surface area (Å²) in [5, 5.41) is 0.725. The van der Waals surface area contributed by atoms with Crippen LogP contribution in [-0.4, -0.2) is 34.8 Å². The van der Waals surface area contributed by atoms with Crippen LogP contribution >= 0.6 is 11.6 Å². The summed E-state index contributed by atoms with van der Waals surface area (Å²) in [5.74, 6) is 1.68. The van der Waals surface area contributed by atoms with Gasteiger partial charge >= 0.3 is 0 Å². The molecule has 5 heteroatoms. The van der Waals surface area contributed by atoms with Gasteiger partial charge in [-0.2, -0.15) is 0 Å². The summed E-state index contributed by atoms with van der Waals surface area (Å²) in [6.45, 7) is 0. The molecule has 0 bridgehead atoms. The van der Waals surface area contributed by atoms with Crippen LogP contribution in [0.3, 0.4) is 0 Å². The molecular weight excluding hydrogens is 308 g/mol. The Bertz CT molecular complexity index is 707. The van der Waals surface area contributed by atoms with Crippen molar-refractivity contribution in [1.29, 1.82) is 0 Å². The number of benzene rings is 1. The minimum atomic E-state index is 0.725. The highest BCUT2D eigenvalue weighted by Gasteiger charge is 2.15. The smallest absolute Gasteiger partial charge is 0.161 e. The molecule has 0 unspecified atom stereocenters. The normalized spacial score (nSPS) is 15.0. The Labute approximate surface area is 142 Å². The average Bonchev–Trinajstić information content (AvgIpc) is 2.79. The van der Waals surface area contributed by atoms with Crippen molar-refractivity contribution in [1.82, 2.24) is 14.9 Å². The van der Waals surface area contributed by atoms with Crippen LogP contribution in [-0.2, 0) is 12.8 Å². The second-order valence-electron chi connectivity index (χ2n) is 6.02. The van der Waals surface area contributed by atoms with Gasteiger partial charge in [0.1, 0.15) is 12.2 Å². The summed E-state index contributed by atoms with van der Waals surface area (Å²) in [4.78, 5) is 15.8. The molecule has 1 aliphatic rings. The molecule has 1 aromatic heterocycles. The third-order valence-corrected chi connectivity index (χ3v) is 4.34. The van der Waals surface area contributed by atoms with Crippen LogP contribution in [0, 0.1) is 0 Å². The highest BCUT2D eigenvalue weighted by Crippen LogP contribution is 2.26. The van der Waals surface area contributed by atoms with E-state index >= 15 is 0 Å². The predicted octanol–water partition coefficient (Wildman–Crippen LogP) is 4.04. The number of halogens is 1. The van der Waals surface area contributed by atoms with Crippen LogP contribution in [0.25, 0.3) is 0 Å². The van der Waals surface area contributed by atoms with Gasteiger partial charge in [0.15, 0.2) is 5.82 Å². The monoisotopic (exact) mass is 328 g/mol. The first-order valence-electron chi connectivity index (χ1n) is 8.00. The summed E-state index contributed by atoms with van der Waals surface area (Å²) in [5.41, 5.74) is 3.39. The maximum Gasteiger partial charge on any atom is 0.161 e. The van der Waals surface area contributed by atoms with Crippen molar-refractivity contribution in [2.45, 2.75) is 32.1 Å². The van der Waals surface area contributed by atoms with Crippen LogP contribution in [0.1, 0.15) is 36.1 Å². The minimum absolute atomic E-state index is 0.725. The molecule has 2 aromatic rings. The van der Waals surface area contributed by atoms with Crippen molar-refractivity contribution in [2.75, 3.05) is 14.1 Å². The highest BCUT2D eigenvalue weighted by molar-refractivity contribution is 6.30. The Hall–Kier alpha value is -1.94. The van der Waals surface area contributed by atoms with Gasteiger partial charge in [-0.15, -0.1) is 0 Å². The number of amidine groups is 1. The lowest BCUT2D eigenvalue weighted by Crippen LogP contribution is -2.23. The molecule has 0 spiro atoms. The van der Waals surface area contributed by atoms with Gasteiger partial charge in [0.2, 0.25) is 0 Å². The second-order valence-corrected chi connectivity index (χ2v) is 6.46. The van der Waals surface area contributed by atoms with Crippen LogP contribution in [0.5, 0.6) is 0 Å². The molecule has 0 atom stereocenters. The van der Waals surface area contributed by atoms with Gasteiger partial charge in [-0.05, 0) is 49.9 Å². The van der Waals surface area contributed by atoms with Crippen molar-refractivity contribution < 1.29 is 0 Å². The fourth-order valence-corrected chi connectivity index (χ4v) is 3.03. The number of aromatic nitrogens is 2. The number of aryl methyl sites for hydroxylation is 1. The first-order chi connectivity index (χ1) is 11.1. The van der Waals surface area contributed by atoms with E-state index in [9.17, 15) is 0 Å². The summed E-state index contributed by atoms with van der Waals surface area (Å²) in [6, 6.07) is 7.74. The van der Waals surface area contributed by atoms with Gasteiger partial charge in [0, 0.05) is 35.9 Å². The quantitative estimate of drug-likeness (QED) is 0.474. The molecule has 0 fully saturated rings. The van der Waals surface area contributed by atoms with Crippen molar-refractivity contribution in [3.05, 3.63) is 52.4 Å². The molecule has 0 saturated heterocycles. The lowest BCUT2D eigenvalue weighted by atomic mass is 10.1. The number of rotatable bonds is 2. The van der Waals surface area contributed by atoms with Crippen molar-refractivity contribution in [2.24, 2.45) is 4.99 Å². The maximum atomic E-state index is 6.00. The minimum Gasteiger partial charge on any atom is -0.362 e. The van der Waals surface area contributed by atoms with E-state index in [4.69, 9.17) is 16.6 Å². The fraction of sp³-hybridized carbons (Fsp3) is 0.389. The molecular formula is C18H21ClN4. The number of fused-ring (bicyclic) bond motifs is 1. The molecule has 3 rings (SSSR count). The van der Waals surface area contributed by atoms with Crippen LogP contribution in [0.2, 0.25) is 5.02 Å². The van der Waals surface area contributed by atoms with E-state index in [1.54, 1.807) is 6.33 Å². The van der Waals surface area contributed by atoms with Gasteiger partial charge in [0.25, 0.3) is 0 Å². The molecule has 0 saturated carbocycles. The Morgan fingerprint density at radius 1 is 1.04 bits per heavy atom. The van der Waals surface area contributed by atoms with Gasteiger partial charge in [0.05, 0.1) is 0 Å². The van der Waals surface area contributed by atoms with Crippen LogP contribution < -0.4 is 0 Å². The highest BCUT2D eigenvalue weighted by atomic mass is 35.5. The van der Waals surface area contributed by atoms with Gasteiger partial charge in [-0.1, -0.05) is 18.0 Å². The van der Waals surface area contributed by atoms with E-state index in [1.807, 2.05) is 43.3 Å². The molecule has 120 valence electrons. The maximum absolute atomic E-state index is 6.00. The van der Waals surface area contributed by atoms with Gasteiger partial charge in [-0.25, -0.2) is 15.0 Å². The van der Waals surface area contributed by atoms with E-state index in [0.717, 1.165) is 40.8 Å². The number of aliphatic imine (C=N–C) groups is 1. The van der Waals surface area contributed by atoms with Gasteiger partial charge in [-0.3, -0.25) is 0 Å². The lowest BCUT2D eigenvalue weighted by molar-refractivity contribution is 0.623. The second kappa shape index (κ2) is 7.09. The lowest BCUT2D eigenvalue weighted by Gasteiger charge is -2.17. The van der Waals surface area contributed by atoms with Crippen LogP contribution in [0.15, 0.2) is 35.6 Å². The Morgan fingerprint density at radius 2 is 1.78 bits per heavy atom. The molecule has 0 aliphatic heterocycles. The zero-order valence-corrected chi connectivity index (χ0v) is 14.3. The number of hydrogen-bond acceptors (Lipinski definition) is 3. The summed E-state index contributed by atoms with van der Waals surface area (Å²) in [7, 11) is 3.99. The standard InChI is InChI=1S/C18H21ClN4/c1-23(2)18(13-8-10-14(19)11-9-13)22-17-15-6-4-3-5-7-16(15)20-12-21-17/h8-12H,3-7H2,1-2H3.